The van der Waals surface area contributed by atoms with Crippen molar-refractivity contribution in [3.05, 3.63) is 17.7 Å². The minimum Gasteiger partial charge on any atom is -0.493 e. The van der Waals surface area contributed by atoms with E-state index in [0.717, 1.165) is 0 Å². The lowest BCUT2D eigenvalue weighted by atomic mass is 10.2. The van der Waals surface area contributed by atoms with Gasteiger partial charge in [-0.2, -0.15) is 0 Å². The zero-order valence-electron chi connectivity index (χ0n) is 9.80. The van der Waals surface area contributed by atoms with Crippen LogP contribution in [0, 0.1) is 0 Å². The Labute approximate surface area is 103 Å². The summed E-state index contributed by atoms with van der Waals surface area (Å²) in [6.45, 7) is -0.584. The van der Waals surface area contributed by atoms with Crippen molar-refractivity contribution >= 4 is 11.9 Å². The number of aromatic carboxylic acids is 1. The number of methoxy groups -OCH3 is 2. The minimum absolute atomic E-state index is 0.0485. The van der Waals surface area contributed by atoms with Gasteiger partial charge in [0.25, 0.3) is 0 Å². The predicted molar refractivity (Wildman–Crippen MR) is 59.6 cm³/mol. The van der Waals surface area contributed by atoms with E-state index in [1.165, 1.54) is 26.4 Å². The van der Waals surface area contributed by atoms with Gasteiger partial charge in [-0.1, -0.05) is 0 Å². The quantitative estimate of drug-likeness (QED) is 0.778. The number of carboxylic acid groups (broad SMARTS) is 2. The summed E-state index contributed by atoms with van der Waals surface area (Å²) in [6, 6.07) is 2.45. The van der Waals surface area contributed by atoms with Crippen molar-refractivity contribution in [2.24, 2.45) is 0 Å². The summed E-state index contributed by atoms with van der Waals surface area (Å²) in [5, 5.41) is 17.4. The lowest BCUT2D eigenvalue weighted by molar-refractivity contribution is -0.139. The molecule has 1 aromatic rings. The van der Waals surface area contributed by atoms with Crippen LogP contribution in [0.15, 0.2) is 12.1 Å². The van der Waals surface area contributed by atoms with Gasteiger partial charge in [0.1, 0.15) is 0 Å². The summed E-state index contributed by atoms with van der Waals surface area (Å²) in [6.07, 6.45) is 0. The molecule has 0 aliphatic rings. The Balaban J connectivity index is 3.21. The largest absolute Gasteiger partial charge is 0.493 e. The molecule has 0 amide bonds. The first-order valence-electron chi connectivity index (χ1n) is 4.83. The molecule has 0 radical (unpaired) electrons. The van der Waals surface area contributed by atoms with E-state index in [4.69, 9.17) is 24.4 Å². The van der Waals surface area contributed by atoms with Gasteiger partial charge in [0.2, 0.25) is 5.75 Å². The first-order valence-corrected chi connectivity index (χ1v) is 4.83. The van der Waals surface area contributed by atoms with Crippen LogP contribution in [0.5, 0.6) is 17.2 Å². The normalized spacial score (nSPS) is 9.67. The van der Waals surface area contributed by atoms with Crippen molar-refractivity contribution in [3.63, 3.8) is 0 Å². The molecule has 98 valence electrons. The number of ether oxygens (including phenoxy) is 3. The van der Waals surface area contributed by atoms with Gasteiger partial charge in [-0.15, -0.1) is 0 Å². The number of hydrogen-bond acceptors (Lipinski definition) is 5. The van der Waals surface area contributed by atoms with Gasteiger partial charge < -0.3 is 24.4 Å². The molecule has 0 bridgehead atoms. The highest BCUT2D eigenvalue weighted by atomic mass is 16.5. The number of rotatable bonds is 6. The lowest BCUT2D eigenvalue weighted by Gasteiger charge is -2.14. The van der Waals surface area contributed by atoms with E-state index < -0.39 is 18.5 Å². The van der Waals surface area contributed by atoms with E-state index in [0.29, 0.717) is 0 Å². The fourth-order valence-corrected chi connectivity index (χ4v) is 1.28. The highest BCUT2D eigenvalue weighted by Gasteiger charge is 2.17. The zero-order valence-corrected chi connectivity index (χ0v) is 9.80. The second-order valence-electron chi connectivity index (χ2n) is 3.20. The Morgan fingerprint density at radius 2 is 1.61 bits per heavy atom. The molecule has 0 atom stereocenters. The van der Waals surface area contributed by atoms with Crippen molar-refractivity contribution in [1.82, 2.24) is 0 Å². The van der Waals surface area contributed by atoms with Crippen LogP contribution in [0.4, 0.5) is 0 Å². The van der Waals surface area contributed by atoms with Crippen LogP contribution in [0.2, 0.25) is 0 Å². The first-order chi connectivity index (χ1) is 8.49. The summed E-state index contributed by atoms with van der Waals surface area (Å²) in [4.78, 5) is 21.3. The number of carbonyl (C=O) groups is 2. The fourth-order valence-electron chi connectivity index (χ4n) is 1.28. The van der Waals surface area contributed by atoms with Gasteiger partial charge in [-0.3, -0.25) is 0 Å². The molecule has 0 fully saturated rings. The predicted octanol–water partition coefficient (Wildman–Crippen LogP) is 0.865. The third kappa shape index (κ3) is 3.03. The van der Waals surface area contributed by atoms with Crippen molar-refractivity contribution in [2.75, 3.05) is 20.8 Å². The van der Waals surface area contributed by atoms with Gasteiger partial charge in [0, 0.05) is 0 Å². The molecular formula is C11H12O7. The maximum atomic E-state index is 10.9. The van der Waals surface area contributed by atoms with Crippen LogP contribution in [0.25, 0.3) is 0 Å². The van der Waals surface area contributed by atoms with Gasteiger partial charge >= 0.3 is 11.9 Å². The van der Waals surface area contributed by atoms with E-state index >= 15 is 0 Å². The Kier molecular flexibility index (Phi) is 4.36. The summed E-state index contributed by atoms with van der Waals surface area (Å²) in [7, 11) is 2.63. The highest BCUT2D eigenvalue weighted by Crippen LogP contribution is 2.38. The van der Waals surface area contributed by atoms with E-state index in [1.807, 2.05) is 0 Å². The van der Waals surface area contributed by atoms with Crippen molar-refractivity contribution in [1.29, 1.82) is 0 Å². The van der Waals surface area contributed by atoms with Crippen LogP contribution in [-0.2, 0) is 4.79 Å². The van der Waals surface area contributed by atoms with Crippen molar-refractivity contribution in [3.8, 4) is 17.2 Å². The van der Waals surface area contributed by atoms with E-state index in [1.54, 1.807) is 0 Å². The van der Waals surface area contributed by atoms with Gasteiger partial charge in [-0.25, -0.2) is 9.59 Å². The van der Waals surface area contributed by atoms with Crippen LogP contribution in [-0.4, -0.2) is 43.0 Å². The van der Waals surface area contributed by atoms with E-state index in [2.05, 4.69) is 0 Å². The summed E-state index contributed by atoms with van der Waals surface area (Å²) in [5.41, 5.74) is -0.0497. The molecule has 0 saturated carbocycles. The summed E-state index contributed by atoms with van der Waals surface area (Å²) in [5.74, 6) is -2.09. The molecule has 0 unspecified atom stereocenters. The van der Waals surface area contributed by atoms with Crippen LogP contribution < -0.4 is 14.2 Å². The van der Waals surface area contributed by atoms with Crippen LogP contribution in [0.1, 0.15) is 10.4 Å². The molecule has 2 N–H and O–H groups in total. The number of benzene rings is 1. The molecule has 0 aromatic heterocycles. The topological polar surface area (TPSA) is 102 Å². The molecular weight excluding hydrogens is 244 g/mol. The molecule has 1 rings (SSSR count). The molecule has 0 spiro atoms. The molecule has 0 aliphatic heterocycles. The third-order valence-corrected chi connectivity index (χ3v) is 2.05. The smallest absolute Gasteiger partial charge is 0.341 e. The lowest BCUT2D eigenvalue weighted by Crippen LogP contribution is -2.11. The van der Waals surface area contributed by atoms with Crippen molar-refractivity contribution < 1.29 is 34.0 Å². The second-order valence-corrected chi connectivity index (χ2v) is 3.20. The Hall–Kier alpha value is -2.44. The van der Waals surface area contributed by atoms with Crippen molar-refractivity contribution in [2.45, 2.75) is 0 Å². The standard InChI is InChI=1S/C11H12O7/c1-16-7-3-6(11(14)15)4-8(17-2)10(7)18-5-9(12)13/h3-4H,5H2,1-2H3,(H,12,13)(H,14,15). The van der Waals surface area contributed by atoms with Gasteiger partial charge in [0.05, 0.1) is 19.8 Å². The Morgan fingerprint density at radius 1 is 1.11 bits per heavy atom. The number of hydrogen-bond donors (Lipinski definition) is 2. The second kappa shape index (κ2) is 5.76. The molecule has 18 heavy (non-hydrogen) atoms. The molecule has 1 aromatic carbocycles. The van der Waals surface area contributed by atoms with Crippen LogP contribution in [0.3, 0.4) is 0 Å². The number of carboxylic acids is 2. The maximum absolute atomic E-state index is 10.9. The minimum atomic E-state index is -1.17. The monoisotopic (exact) mass is 256 g/mol. The molecule has 7 nitrogen and oxygen atoms in total. The Bertz CT molecular complexity index is 441. The molecule has 0 heterocycles. The highest BCUT2D eigenvalue weighted by molar-refractivity contribution is 5.89. The molecule has 7 heteroatoms. The third-order valence-electron chi connectivity index (χ3n) is 2.05. The van der Waals surface area contributed by atoms with E-state index in [-0.39, 0.29) is 22.8 Å². The molecule has 0 saturated heterocycles. The first kappa shape index (κ1) is 13.6. The molecule has 0 aliphatic carbocycles. The summed E-state index contributed by atoms with van der Waals surface area (Å²) < 4.78 is 14.9. The number of aliphatic carboxylic acids is 1. The maximum Gasteiger partial charge on any atom is 0.341 e. The average Bonchev–Trinajstić information content (AvgIpc) is 2.34. The summed E-state index contributed by atoms with van der Waals surface area (Å²) >= 11 is 0. The average molecular weight is 256 g/mol. The van der Waals surface area contributed by atoms with Gasteiger partial charge in [0.15, 0.2) is 18.1 Å². The fraction of sp³-hybridized carbons (Fsp3) is 0.273. The SMILES string of the molecule is COc1cc(C(=O)O)cc(OC)c1OCC(=O)O. The van der Waals surface area contributed by atoms with Gasteiger partial charge in [-0.05, 0) is 12.1 Å². The van der Waals surface area contributed by atoms with E-state index in [9.17, 15) is 9.59 Å². The Morgan fingerprint density at radius 3 is 1.94 bits per heavy atom. The van der Waals surface area contributed by atoms with Crippen LogP contribution >= 0.6 is 0 Å². The zero-order chi connectivity index (χ0) is 13.7.